The number of nitrogens with zero attached hydrogens (tertiary/aromatic N) is 2. The van der Waals surface area contributed by atoms with Crippen molar-refractivity contribution in [1.82, 2.24) is 9.27 Å². The van der Waals surface area contributed by atoms with Gasteiger partial charge in [-0.1, -0.05) is 12.1 Å². The van der Waals surface area contributed by atoms with E-state index in [1.54, 1.807) is 6.07 Å². The summed E-state index contributed by atoms with van der Waals surface area (Å²) in [5.74, 6) is -0.208. The van der Waals surface area contributed by atoms with Gasteiger partial charge < -0.3 is 9.64 Å². The molecule has 0 bridgehead atoms. The van der Waals surface area contributed by atoms with Gasteiger partial charge in [0, 0.05) is 13.0 Å². The largest absolute Gasteiger partial charge is 0.488 e. The van der Waals surface area contributed by atoms with Crippen molar-refractivity contribution in [3.05, 3.63) is 41.6 Å². The van der Waals surface area contributed by atoms with Gasteiger partial charge in [0.2, 0.25) is 0 Å². The molecule has 3 rings (SSSR count). The fourth-order valence-electron chi connectivity index (χ4n) is 2.60. The Balaban J connectivity index is 1.61. The lowest BCUT2D eigenvalue weighted by Crippen LogP contribution is -2.34. The maximum atomic E-state index is 13.0. The van der Waals surface area contributed by atoms with E-state index in [2.05, 4.69) is 9.69 Å². The average Bonchev–Trinajstić information content (AvgIpc) is 3.16. The van der Waals surface area contributed by atoms with Crippen LogP contribution in [0.15, 0.2) is 30.3 Å². The fourth-order valence-corrected chi connectivity index (χ4v) is 3.25. The number of rotatable bonds is 3. The Kier molecular flexibility index (Phi) is 4.85. The molecule has 1 atom stereocenters. The Hall–Kier alpha value is -2.29. The van der Waals surface area contributed by atoms with Gasteiger partial charge >= 0.3 is 12.2 Å². The van der Waals surface area contributed by atoms with Crippen LogP contribution in [0.5, 0.6) is 5.75 Å². The molecule has 1 fully saturated rings. The molecule has 0 spiro atoms. The number of carbonyl (C=O) groups excluding carboxylic acids is 1. The predicted molar refractivity (Wildman–Crippen MR) is 87.9 cm³/mol. The van der Waals surface area contributed by atoms with E-state index in [-0.39, 0.29) is 18.3 Å². The van der Waals surface area contributed by atoms with Gasteiger partial charge in [0.05, 0.1) is 17.8 Å². The number of para-hydroxylation sites is 1. The van der Waals surface area contributed by atoms with Gasteiger partial charge in [-0.25, -0.2) is 4.79 Å². The van der Waals surface area contributed by atoms with Gasteiger partial charge in [-0.15, -0.1) is 0 Å². The van der Waals surface area contributed by atoms with Crippen LogP contribution >= 0.6 is 11.5 Å². The summed E-state index contributed by atoms with van der Waals surface area (Å²) in [4.78, 5) is 13.7. The summed E-state index contributed by atoms with van der Waals surface area (Å²) in [5.41, 5.74) is 0.00438. The Morgan fingerprint density at radius 3 is 2.84 bits per heavy atom. The fraction of sp³-hybridized carbons (Fsp3) is 0.375. The van der Waals surface area contributed by atoms with E-state index in [1.165, 1.54) is 34.6 Å². The number of aryl methyl sites for hydroxylation is 1. The van der Waals surface area contributed by atoms with Crippen LogP contribution in [0.3, 0.4) is 0 Å². The predicted octanol–water partition coefficient (Wildman–Crippen LogP) is 4.16. The number of benzene rings is 1. The lowest BCUT2D eigenvalue weighted by molar-refractivity contribution is -0.139. The normalized spacial score (nSPS) is 17.6. The zero-order chi connectivity index (χ0) is 18.0. The van der Waals surface area contributed by atoms with Crippen molar-refractivity contribution in [2.75, 3.05) is 18.4 Å². The number of urea groups is 1. The summed E-state index contributed by atoms with van der Waals surface area (Å²) in [6.45, 7) is 2.47. The van der Waals surface area contributed by atoms with Crippen molar-refractivity contribution in [2.45, 2.75) is 25.6 Å². The number of aromatic nitrogens is 1. The summed E-state index contributed by atoms with van der Waals surface area (Å²) >= 11 is 1.18. The first kappa shape index (κ1) is 17.5. The molecule has 2 aromatic rings. The van der Waals surface area contributed by atoms with Gasteiger partial charge in [0.15, 0.2) is 0 Å². The number of nitrogens with one attached hydrogen (secondary N) is 1. The number of hydrogen-bond donors (Lipinski definition) is 1. The van der Waals surface area contributed by atoms with Gasteiger partial charge in [0.1, 0.15) is 16.9 Å². The molecular formula is C16H16F3N3O2S. The highest BCUT2D eigenvalue weighted by molar-refractivity contribution is 7.10. The van der Waals surface area contributed by atoms with Crippen LogP contribution in [-0.2, 0) is 6.18 Å². The molecule has 134 valence electrons. The van der Waals surface area contributed by atoms with E-state index >= 15 is 0 Å². The van der Waals surface area contributed by atoms with E-state index < -0.39 is 17.8 Å². The number of likely N-dealkylation sites (tertiary alicyclic amines) is 1. The molecule has 2 amide bonds. The van der Waals surface area contributed by atoms with Crippen LogP contribution in [0, 0.1) is 6.92 Å². The molecule has 9 heteroatoms. The van der Waals surface area contributed by atoms with E-state index in [1.807, 2.05) is 6.92 Å². The minimum atomic E-state index is -4.48. The number of ether oxygens (including phenoxy) is 1. The highest BCUT2D eigenvalue weighted by Crippen LogP contribution is 2.36. The zero-order valence-corrected chi connectivity index (χ0v) is 14.2. The highest BCUT2D eigenvalue weighted by Gasteiger charge is 2.36. The summed E-state index contributed by atoms with van der Waals surface area (Å²) < 4.78 is 48.6. The smallest absolute Gasteiger partial charge is 0.419 e. The van der Waals surface area contributed by atoms with Crippen LogP contribution < -0.4 is 10.1 Å². The first-order valence-corrected chi connectivity index (χ1v) is 8.42. The highest BCUT2D eigenvalue weighted by atomic mass is 32.1. The maximum Gasteiger partial charge on any atom is 0.419 e. The lowest BCUT2D eigenvalue weighted by atomic mass is 10.2. The molecular weight excluding hydrogens is 355 g/mol. The van der Waals surface area contributed by atoms with E-state index in [0.29, 0.717) is 18.0 Å². The minimum absolute atomic E-state index is 0.208. The Morgan fingerprint density at radius 1 is 1.40 bits per heavy atom. The molecule has 0 unspecified atom stereocenters. The van der Waals surface area contributed by atoms with Crippen LogP contribution in [0.2, 0.25) is 0 Å². The van der Waals surface area contributed by atoms with Crippen LogP contribution in [0.4, 0.5) is 23.0 Å². The van der Waals surface area contributed by atoms with Crippen molar-refractivity contribution in [3.8, 4) is 5.75 Å². The van der Waals surface area contributed by atoms with Gasteiger partial charge in [-0.05, 0) is 36.7 Å². The number of alkyl halides is 3. The molecule has 1 aliphatic heterocycles. The van der Waals surface area contributed by atoms with Crippen molar-refractivity contribution < 1.29 is 22.7 Å². The molecule has 1 aromatic carbocycles. The van der Waals surface area contributed by atoms with E-state index in [9.17, 15) is 18.0 Å². The number of halogens is 3. The molecule has 0 saturated carbocycles. The summed E-state index contributed by atoms with van der Waals surface area (Å²) in [6, 6.07) is 6.55. The lowest BCUT2D eigenvalue weighted by Gasteiger charge is -2.19. The van der Waals surface area contributed by atoms with Crippen LogP contribution in [0.25, 0.3) is 0 Å². The first-order valence-electron chi connectivity index (χ1n) is 7.65. The number of hydrogen-bond acceptors (Lipinski definition) is 4. The second kappa shape index (κ2) is 6.91. The monoisotopic (exact) mass is 371 g/mol. The third kappa shape index (κ3) is 4.22. The second-order valence-electron chi connectivity index (χ2n) is 5.73. The van der Waals surface area contributed by atoms with Crippen molar-refractivity contribution >= 4 is 22.6 Å². The third-order valence-corrected chi connectivity index (χ3v) is 4.57. The molecule has 1 aliphatic rings. The van der Waals surface area contributed by atoms with Gasteiger partial charge in [0.25, 0.3) is 0 Å². The standard InChI is InChI=1S/C16H16F3N3O2S/c1-10-8-14(25-21-10)20-15(23)22-7-6-11(9-22)24-13-5-3-2-4-12(13)16(17,18)19/h2-5,8,11H,6-7,9H2,1H3,(H,20,23)/t11-/m0/s1. The molecule has 1 aromatic heterocycles. The minimum Gasteiger partial charge on any atom is -0.488 e. The van der Waals surface area contributed by atoms with E-state index in [0.717, 1.165) is 11.8 Å². The Bertz CT molecular complexity index is 763. The van der Waals surface area contributed by atoms with Crippen molar-refractivity contribution in [2.24, 2.45) is 0 Å². The quantitative estimate of drug-likeness (QED) is 0.882. The molecule has 5 nitrogen and oxygen atoms in total. The zero-order valence-electron chi connectivity index (χ0n) is 13.3. The Morgan fingerprint density at radius 2 is 2.16 bits per heavy atom. The van der Waals surface area contributed by atoms with Gasteiger partial charge in [-0.2, -0.15) is 17.5 Å². The molecule has 2 heterocycles. The number of anilines is 1. The second-order valence-corrected chi connectivity index (χ2v) is 6.54. The van der Waals surface area contributed by atoms with Crippen LogP contribution in [0.1, 0.15) is 17.7 Å². The summed E-state index contributed by atoms with van der Waals surface area (Å²) in [6.07, 6.45) is -4.48. The molecule has 1 saturated heterocycles. The SMILES string of the molecule is Cc1cc(NC(=O)N2CC[C@H](Oc3ccccc3C(F)(F)F)C2)sn1. The number of amides is 2. The third-order valence-electron chi connectivity index (χ3n) is 3.78. The van der Waals surface area contributed by atoms with Crippen molar-refractivity contribution in [3.63, 3.8) is 0 Å². The topological polar surface area (TPSA) is 54.5 Å². The number of carbonyl (C=O) groups is 1. The average molecular weight is 371 g/mol. The summed E-state index contributed by atoms with van der Waals surface area (Å²) in [7, 11) is 0. The molecule has 0 radical (unpaired) electrons. The molecule has 1 N–H and O–H groups in total. The first-order chi connectivity index (χ1) is 11.8. The molecule has 25 heavy (non-hydrogen) atoms. The maximum absolute atomic E-state index is 13.0. The molecule has 0 aliphatic carbocycles. The van der Waals surface area contributed by atoms with Crippen molar-refractivity contribution in [1.29, 1.82) is 0 Å². The van der Waals surface area contributed by atoms with Crippen LogP contribution in [-0.4, -0.2) is 34.5 Å². The Labute approximate surface area is 146 Å². The van der Waals surface area contributed by atoms with E-state index in [4.69, 9.17) is 4.74 Å². The summed E-state index contributed by atoms with van der Waals surface area (Å²) in [5, 5.41) is 3.37. The van der Waals surface area contributed by atoms with Gasteiger partial charge in [-0.3, -0.25) is 5.32 Å².